The van der Waals surface area contributed by atoms with E-state index >= 15 is 0 Å². The van der Waals surface area contributed by atoms with E-state index in [1.165, 1.54) is 43.4 Å². The first-order valence-corrected chi connectivity index (χ1v) is 8.04. The summed E-state index contributed by atoms with van der Waals surface area (Å²) >= 11 is 1.51. The van der Waals surface area contributed by atoms with E-state index in [2.05, 4.69) is 17.2 Å². The molecule has 4 nitrogen and oxygen atoms in total. The van der Waals surface area contributed by atoms with Crippen molar-refractivity contribution in [2.75, 3.05) is 6.54 Å². The molecule has 3 N–H and O–H groups in total. The summed E-state index contributed by atoms with van der Waals surface area (Å²) in [6, 6.07) is 0.243. The van der Waals surface area contributed by atoms with E-state index in [9.17, 15) is 4.79 Å². The number of carbonyl (C=O) groups excluding carboxylic acids is 1. The topological polar surface area (TPSA) is 68.0 Å². The van der Waals surface area contributed by atoms with Gasteiger partial charge < -0.3 is 11.1 Å². The predicted octanol–water partition coefficient (Wildman–Crippen LogP) is 2.34. The minimum absolute atomic E-state index is 0.0439. The van der Waals surface area contributed by atoms with Gasteiger partial charge in [0.1, 0.15) is 5.69 Å². The highest BCUT2D eigenvalue weighted by atomic mass is 32.1. The number of hydrogen-bond donors (Lipinski definition) is 2. The molecule has 0 aliphatic heterocycles. The van der Waals surface area contributed by atoms with Crippen LogP contribution in [0.2, 0.25) is 0 Å². The van der Waals surface area contributed by atoms with E-state index in [4.69, 9.17) is 5.73 Å². The Morgan fingerprint density at radius 1 is 1.53 bits per heavy atom. The molecule has 1 amide bonds. The Balaban J connectivity index is 1.88. The summed E-state index contributed by atoms with van der Waals surface area (Å²) < 4.78 is 0. The fourth-order valence-corrected chi connectivity index (χ4v) is 3.48. The molecule has 0 saturated heterocycles. The van der Waals surface area contributed by atoms with E-state index in [-0.39, 0.29) is 11.9 Å². The molecule has 1 saturated carbocycles. The molecule has 1 aromatic heterocycles. The third-order valence-corrected chi connectivity index (χ3v) is 4.77. The lowest BCUT2D eigenvalue weighted by Crippen LogP contribution is -2.39. The van der Waals surface area contributed by atoms with Crippen LogP contribution in [0.25, 0.3) is 0 Å². The summed E-state index contributed by atoms with van der Waals surface area (Å²) in [5.74, 6) is 0.581. The minimum atomic E-state index is -0.0439. The van der Waals surface area contributed by atoms with Crippen LogP contribution in [0, 0.1) is 5.92 Å². The zero-order chi connectivity index (χ0) is 13.7. The first-order chi connectivity index (χ1) is 9.20. The van der Waals surface area contributed by atoms with Gasteiger partial charge in [-0.2, -0.15) is 0 Å². The largest absolute Gasteiger partial charge is 0.348 e. The first kappa shape index (κ1) is 14.5. The summed E-state index contributed by atoms with van der Waals surface area (Å²) in [6.07, 6.45) is 7.14. The second kappa shape index (κ2) is 7.01. The molecule has 1 heterocycles. The van der Waals surface area contributed by atoms with Crippen molar-refractivity contribution < 1.29 is 4.79 Å². The molecule has 1 atom stereocenters. The summed E-state index contributed by atoms with van der Waals surface area (Å²) in [5, 5.41) is 5.87. The number of amides is 1. The van der Waals surface area contributed by atoms with Gasteiger partial charge in [0.15, 0.2) is 0 Å². The quantitative estimate of drug-likeness (QED) is 0.870. The Morgan fingerprint density at radius 2 is 2.26 bits per heavy atom. The molecule has 1 fully saturated rings. The van der Waals surface area contributed by atoms with Crippen LogP contribution in [-0.2, 0) is 6.42 Å². The number of aromatic nitrogens is 1. The van der Waals surface area contributed by atoms with Crippen LogP contribution in [-0.4, -0.2) is 23.5 Å². The van der Waals surface area contributed by atoms with Crippen molar-refractivity contribution in [3.63, 3.8) is 0 Å². The zero-order valence-corrected chi connectivity index (χ0v) is 12.3. The van der Waals surface area contributed by atoms with Crippen molar-refractivity contribution in [3.05, 3.63) is 16.1 Å². The Morgan fingerprint density at radius 3 is 2.95 bits per heavy atom. The maximum atomic E-state index is 12.1. The van der Waals surface area contributed by atoms with Crippen LogP contribution in [0.5, 0.6) is 0 Å². The molecular weight excluding hydrogens is 258 g/mol. The predicted molar refractivity (Wildman–Crippen MR) is 78.4 cm³/mol. The summed E-state index contributed by atoms with van der Waals surface area (Å²) in [6.45, 7) is 2.69. The molecule has 1 aliphatic rings. The Hall–Kier alpha value is -0.940. The number of hydrogen-bond acceptors (Lipinski definition) is 4. The zero-order valence-electron chi connectivity index (χ0n) is 11.5. The van der Waals surface area contributed by atoms with Gasteiger partial charge >= 0.3 is 0 Å². The number of nitrogens with one attached hydrogen (secondary N) is 1. The third-order valence-electron chi connectivity index (χ3n) is 3.86. The fraction of sp³-hybridized carbons (Fsp3) is 0.714. The van der Waals surface area contributed by atoms with Crippen LogP contribution >= 0.6 is 11.3 Å². The molecule has 1 aromatic rings. The Labute approximate surface area is 118 Å². The first-order valence-electron chi connectivity index (χ1n) is 7.16. The van der Waals surface area contributed by atoms with Gasteiger partial charge in [-0.1, -0.05) is 19.3 Å². The van der Waals surface area contributed by atoms with Crippen molar-refractivity contribution >= 4 is 17.2 Å². The highest BCUT2D eigenvalue weighted by Gasteiger charge is 2.22. The van der Waals surface area contributed by atoms with E-state index in [0.717, 1.165) is 11.4 Å². The number of carbonyl (C=O) groups is 1. The monoisotopic (exact) mass is 281 g/mol. The van der Waals surface area contributed by atoms with Gasteiger partial charge in [-0.05, 0) is 32.2 Å². The lowest BCUT2D eigenvalue weighted by molar-refractivity contribution is 0.0914. The summed E-state index contributed by atoms with van der Waals surface area (Å²) in [5.41, 5.74) is 6.03. The van der Waals surface area contributed by atoms with Crippen LogP contribution in [0.3, 0.4) is 0 Å². The maximum Gasteiger partial charge on any atom is 0.270 e. The lowest BCUT2D eigenvalue weighted by Gasteiger charge is -2.28. The van der Waals surface area contributed by atoms with E-state index in [1.54, 1.807) is 0 Å². The van der Waals surface area contributed by atoms with Crippen molar-refractivity contribution in [3.8, 4) is 0 Å². The molecule has 1 unspecified atom stereocenters. The number of thiazole rings is 1. The second-order valence-corrected chi connectivity index (χ2v) is 6.27. The van der Waals surface area contributed by atoms with Crippen LogP contribution in [0.1, 0.15) is 54.5 Å². The third kappa shape index (κ3) is 4.01. The smallest absolute Gasteiger partial charge is 0.270 e. The molecule has 2 rings (SSSR count). The van der Waals surface area contributed by atoms with Crippen LogP contribution in [0.15, 0.2) is 5.38 Å². The van der Waals surface area contributed by atoms with Gasteiger partial charge in [0.25, 0.3) is 5.91 Å². The van der Waals surface area contributed by atoms with Gasteiger partial charge in [-0.3, -0.25) is 4.79 Å². The maximum absolute atomic E-state index is 12.1. The average Bonchev–Trinajstić information content (AvgIpc) is 2.89. The highest BCUT2D eigenvalue weighted by molar-refractivity contribution is 7.09. The normalized spacial score (nSPS) is 18.2. The van der Waals surface area contributed by atoms with E-state index < -0.39 is 0 Å². The minimum Gasteiger partial charge on any atom is -0.348 e. The van der Waals surface area contributed by atoms with E-state index in [0.29, 0.717) is 18.2 Å². The lowest BCUT2D eigenvalue weighted by atomic mass is 9.84. The molecule has 0 aromatic carbocycles. The van der Waals surface area contributed by atoms with Crippen molar-refractivity contribution in [2.24, 2.45) is 11.7 Å². The van der Waals surface area contributed by atoms with Gasteiger partial charge in [0, 0.05) is 17.8 Å². The van der Waals surface area contributed by atoms with Gasteiger partial charge in [0.2, 0.25) is 0 Å². The summed E-state index contributed by atoms with van der Waals surface area (Å²) in [4.78, 5) is 16.4. The highest BCUT2D eigenvalue weighted by Crippen LogP contribution is 2.26. The fourth-order valence-electron chi connectivity index (χ4n) is 2.69. The SMILES string of the molecule is CC(NC(=O)c1csc(CCN)n1)C1CCCCC1. The molecule has 19 heavy (non-hydrogen) atoms. The molecule has 0 spiro atoms. The number of nitrogens with zero attached hydrogens (tertiary/aromatic N) is 1. The Bertz CT molecular complexity index is 413. The number of rotatable bonds is 5. The molecule has 1 aliphatic carbocycles. The summed E-state index contributed by atoms with van der Waals surface area (Å²) in [7, 11) is 0. The van der Waals surface area contributed by atoms with Crippen molar-refractivity contribution in [1.82, 2.24) is 10.3 Å². The van der Waals surface area contributed by atoms with Crippen LogP contribution < -0.4 is 11.1 Å². The van der Waals surface area contributed by atoms with Crippen molar-refractivity contribution in [2.45, 2.75) is 51.5 Å². The molecule has 5 heteroatoms. The second-order valence-electron chi connectivity index (χ2n) is 5.33. The average molecular weight is 281 g/mol. The van der Waals surface area contributed by atoms with Gasteiger partial charge in [-0.25, -0.2) is 4.98 Å². The van der Waals surface area contributed by atoms with Crippen molar-refractivity contribution in [1.29, 1.82) is 0 Å². The van der Waals surface area contributed by atoms with Crippen LogP contribution in [0.4, 0.5) is 0 Å². The standard InChI is InChI=1S/C14H23N3OS/c1-10(11-5-3-2-4-6-11)16-14(18)12-9-19-13(17-12)7-8-15/h9-11H,2-8,15H2,1H3,(H,16,18). The molecule has 0 radical (unpaired) electrons. The molecule has 0 bridgehead atoms. The van der Waals surface area contributed by atoms with Gasteiger partial charge in [-0.15, -0.1) is 11.3 Å². The molecular formula is C14H23N3OS. The van der Waals surface area contributed by atoms with Gasteiger partial charge in [0.05, 0.1) is 5.01 Å². The molecule has 106 valence electrons. The Kier molecular flexibility index (Phi) is 5.34. The number of nitrogens with two attached hydrogens (primary N) is 1. The van der Waals surface area contributed by atoms with E-state index in [1.807, 2.05) is 5.38 Å².